The van der Waals surface area contributed by atoms with Crippen LogP contribution < -0.4 is 11.1 Å². The number of esters is 1. The van der Waals surface area contributed by atoms with E-state index in [1.807, 2.05) is 0 Å². The van der Waals surface area contributed by atoms with E-state index in [0.29, 0.717) is 22.6 Å². The number of nitrogens with two attached hydrogens (primary N) is 1. The lowest BCUT2D eigenvalue weighted by Crippen LogP contribution is -2.29. The zero-order valence-electron chi connectivity index (χ0n) is 15.3. The van der Waals surface area contributed by atoms with Crippen LogP contribution in [0.3, 0.4) is 0 Å². The van der Waals surface area contributed by atoms with Crippen LogP contribution in [0, 0.1) is 5.82 Å². The van der Waals surface area contributed by atoms with Gasteiger partial charge in [0, 0.05) is 16.8 Å². The zero-order valence-corrected chi connectivity index (χ0v) is 15.3. The van der Waals surface area contributed by atoms with Gasteiger partial charge in [-0.05, 0) is 67.6 Å². The Kier molecular flexibility index (Phi) is 5.73. The summed E-state index contributed by atoms with van der Waals surface area (Å²) in [5.41, 5.74) is 6.47. The molecule has 1 atom stereocenters. The Hall–Kier alpha value is -3.94. The minimum absolute atomic E-state index is 0.0882. The Morgan fingerprint density at radius 3 is 2.28 bits per heavy atom. The second kappa shape index (κ2) is 8.39. The Bertz CT molecular complexity index is 1040. The molecule has 7 nitrogen and oxygen atoms in total. The summed E-state index contributed by atoms with van der Waals surface area (Å²) in [6.07, 6.45) is -1.10. The molecule has 0 bridgehead atoms. The highest BCUT2D eigenvalue weighted by atomic mass is 19.1. The van der Waals surface area contributed by atoms with E-state index in [2.05, 4.69) is 5.32 Å². The first-order valence-corrected chi connectivity index (χ1v) is 8.61. The summed E-state index contributed by atoms with van der Waals surface area (Å²) < 4.78 is 23.6. The maximum atomic E-state index is 13.0. The quantitative estimate of drug-likeness (QED) is 0.621. The van der Waals surface area contributed by atoms with Gasteiger partial charge in [0.15, 0.2) is 6.10 Å². The standard InChI is InChI=1S/C21H17FN2O5/c1-12(20(26)24-16-8-4-14(5-9-16)19(23)25)28-21(27)18-11-10-17(29-18)13-2-6-15(22)7-3-13/h2-12H,1H3,(H2,23,25)(H,24,26). The van der Waals surface area contributed by atoms with Crippen LogP contribution in [-0.4, -0.2) is 23.9 Å². The molecule has 3 aromatic rings. The van der Waals surface area contributed by atoms with Crippen molar-refractivity contribution in [3.05, 3.63) is 77.8 Å². The number of hydrogen-bond acceptors (Lipinski definition) is 5. The van der Waals surface area contributed by atoms with E-state index in [9.17, 15) is 18.8 Å². The molecule has 0 aliphatic rings. The molecule has 1 aromatic heterocycles. The van der Waals surface area contributed by atoms with Crippen molar-refractivity contribution in [2.45, 2.75) is 13.0 Å². The highest BCUT2D eigenvalue weighted by Crippen LogP contribution is 2.23. The predicted octanol–water partition coefficient (Wildman–Crippen LogP) is 3.37. The van der Waals surface area contributed by atoms with Gasteiger partial charge >= 0.3 is 5.97 Å². The monoisotopic (exact) mass is 396 g/mol. The first-order chi connectivity index (χ1) is 13.8. The normalized spacial score (nSPS) is 11.5. The van der Waals surface area contributed by atoms with Gasteiger partial charge in [-0.2, -0.15) is 0 Å². The third-order valence-electron chi connectivity index (χ3n) is 4.03. The molecule has 29 heavy (non-hydrogen) atoms. The molecule has 1 heterocycles. The first-order valence-electron chi connectivity index (χ1n) is 8.61. The fourth-order valence-electron chi connectivity index (χ4n) is 2.45. The lowest BCUT2D eigenvalue weighted by molar-refractivity contribution is -0.123. The molecule has 8 heteroatoms. The summed E-state index contributed by atoms with van der Waals surface area (Å²) in [4.78, 5) is 35.5. The molecule has 2 aromatic carbocycles. The van der Waals surface area contributed by atoms with Gasteiger partial charge in [0.1, 0.15) is 11.6 Å². The zero-order chi connectivity index (χ0) is 21.0. The molecule has 1 unspecified atom stereocenters. The van der Waals surface area contributed by atoms with Crippen LogP contribution in [0.5, 0.6) is 0 Å². The number of halogens is 1. The minimum atomic E-state index is -1.10. The summed E-state index contributed by atoms with van der Waals surface area (Å²) in [5.74, 6) is -2.06. The number of carbonyl (C=O) groups excluding carboxylic acids is 3. The van der Waals surface area contributed by atoms with Crippen molar-refractivity contribution in [1.82, 2.24) is 0 Å². The summed E-state index contributed by atoms with van der Waals surface area (Å²) in [6, 6.07) is 14.5. The summed E-state index contributed by atoms with van der Waals surface area (Å²) in [5, 5.41) is 2.57. The van der Waals surface area contributed by atoms with Crippen molar-refractivity contribution in [1.29, 1.82) is 0 Å². The van der Waals surface area contributed by atoms with E-state index >= 15 is 0 Å². The predicted molar refractivity (Wildman–Crippen MR) is 103 cm³/mol. The number of anilines is 1. The third-order valence-corrected chi connectivity index (χ3v) is 4.03. The van der Waals surface area contributed by atoms with Crippen LogP contribution in [-0.2, 0) is 9.53 Å². The van der Waals surface area contributed by atoms with Crippen molar-refractivity contribution in [2.24, 2.45) is 5.73 Å². The second-order valence-corrected chi connectivity index (χ2v) is 6.15. The Morgan fingerprint density at radius 1 is 1.00 bits per heavy atom. The van der Waals surface area contributed by atoms with Gasteiger partial charge in [0.25, 0.3) is 5.91 Å². The Morgan fingerprint density at radius 2 is 1.66 bits per heavy atom. The van der Waals surface area contributed by atoms with Gasteiger partial charge < -0.3 is 20.2 Å². The maximum Gasteiger partial charge on any atom is 0.375 e. The number of furan rings is 1. The largest absolute Gasteiger partial charge is 0.449 e. The lowest BCUT2D eigenvalue weighted by atomic mass is 10.2. The van der Waals surface area contributed by atoms with E-state index in [1.54, 1.807) is 6.07 Å². The van der Waals surface area contributed by atoms with Crippen LogP contribution in [0.25, 0.3) is 11.3 Å². The van der Waals surface area contributed by atoms with E-state index in [1.165, 1.54) is 61.5 Å². The molecule has 0 fully saturated rings. The average Bonchev–Trinajstić information content (AvgIpc) is 3.19. The second-order valence-electron chi connectivity index (χ2n) is 6.15. The molecule has 148 valence electrons. The van der Waals surface area contributed by atoms with Crippen LogP contribution in [0.4, 0.5) is 10.1 Å². The molecular weight excluding hydrogens is 379 g/mol. The number of nitrogens with one attached hydrogen (secondary N) is 1. The highest BCUT2D eigenvalue weighted by Gasteiger charge is 2.21. The summed E-state index contributed by atoms with van der Waals surface area (Å²) in [6.45, 7) is 1.41. The minimum Gasteiger partial charge on any atom is -0.449 e. The van der Waals surface area contributed by atoms with Crippen molar-refractivity contribution >= 4 is 23.5 Å². The van der Waals surface area contributed by atoms with Crippen molar-refractivity contribution in [2.75, 3.05) is 5.32 Å². The fraction of sp³-hybridized carbons (Fsp3) is 0.0952. The molecule has 2 amide bonds. The maximum absolute atomic E-state index is 13.0. The lowest BCUT2D eigenvalue weighted by Gasteiger charge is -2.13. The Balaban J connectivity index is 1.60. The number of amides is 2. The summed E-state index contributed by atoms with van der Waals surface area (Å²) in [7, 11) is 0. The molecular formula is C21H17FN2O5. The van der Waals surface area contributed by atoms with Gasteiger partial charge in [-0.3, -0.25) is 9.59 Å². The van der Waals surface area contributed by atoms with Gasteiger partial charge in [0.2, 0.25) is 11.7 Å². The third kappa shape index (κ3) is 4.86. The van der Waals surface area contributed by atoms with Crippen molar-refractivity contribution in [3.8, 4) is 11.3 Å². The van der Waals surface area contributed by atoms with Gasteiger partial charge in [0.05, 0.1) is 0 Å². The van der Waals surface area contributed by atoms with E-state index in [4.69, 9.17) is 14.9 Å². The van der Waals surface area contributed by atoms with Gasteiger partial charge in [-0.25, -0.2) is 9.18 Å². The molecule has 3 N–H and O–H groups in total. The molecule has 0 radical (unpaired) electrons. The van der Waals surface area contributed by atoms with E-state index < -0.39 is 23.9 Å². The smallest absolute Gasteiger partial charge is 0.375 e. The SMILES string of the molecule is CC(OC(=O)c1ccc(-c2ccc(F)cc2)o1)C(=O)Nc1ccc(C(N)=O)cc1. The molecule has 0 aliphatic heterocycles. The molecule has 0 aliphatic carbocycles. The number of hydrogen-bond donors (Lipinski definition) is 2. The van der Waals surface area contributed by atoms with E-state index in [0.717, 1.165) is 0 Å². The average molecular weight is 396 g/mol. The number of benzene rings is 2. The molecule has 3 rings (SSSR count). The highest BCUT2D eigenvalue weighted by molar-refractivity contribution is 5.97. The number of primary amides is 1. The van der Waals surface area contributed by atoms with Gasteiger partial charge in [-0.15, -0.1) is 0 Å². The van der Waals surface area contributed by atoms with Crippen LogP contribution in [0.2, 0.25) is 0 Å². The Labute approximate surface area is 165 Å². The number of rotatable bonds is 6. The molecule has 0 saturated heterocycles. The van der Waals surface area contributed by atoms with Gasteiger partial charge in [-0.1, -0.05) is 0 Å². The molecule has 0 saturated carbocycles. The van der Waals surface area contributed by atoms with Crippen LogP contribution in [0.15, 0.2) is 65.1 Å². The first kappa shape index (κ1) is 19.8. The van der Waals surface area contributed by atoms with E-state index in [-0.39, 0.29) is 11.6 Å². The topological polar surface area (TPSA) is 112 Å². The van der Waals surface area contributed by atoms with Crippen molar-refractivity contribution in [3.63, 3.8) is 0 Å². The van der Waals surface area contributed by atoms with Crippen LogP contribution in [0.1, 0.15) is 27.8 Å². The van der Waals surface area contributed by atoms with Crippen LogP contribution >= 0.6 is 0 Å². The fourth-order valence-corrected chi connectivity index (χ4v) is 2.45. The summed E-state index contributed by atoms with van der Waals surface area (Å²) >= 11 is 0. The number of carbonyl (C=O) groups is 3. The van der Waals surface area contributed by atoms with Crippen molar-refractivity contribution < 1.29 is 27.9 Å². The molecule has 0 spiro atoms. The number of ether oxygens (including phenoxy) is 1.